The molecule has 0 spiro atoms. The van der Waals surface area contributed by atoms with Crippen molar-refractivity contribution >= 4 is 5.82 Å². The highest BCUT2D eigenvalue weighted by molar-refractivity contribution is 5.37. The monoisotopic (exact) mass is 247 g/mol. The van der Waals surface area contributed by atoms with Gasteiger partial charge in [0.15, 0.2) is 5.82 Å². The highest BCUT2D eigenvalue weighted by Gasteiger charge is 2.07. The maximum absolute atomic E-state index is 9.16. The molecular formula is C12H17N5O. The number of aliphatic hydroxyl groups excluding tert-OH is 1. The topological polar surface area (TPSA) is 75.9 Å². The fourth-order valence-electron chi connectivity index (χ4n) is 1.65. The predicted molar refractivity (Wildman–Crippen MR) is 68.7 cm³/mol. The minimum atomic E-state index is -0.00145. The van der Waals surface area contributed by atoms with E-state index < -0.39 is 0 Å². The van der Waals surface area contributed by atoms with Crippen molar-refractivity contribution in [2.45, 2.75) is 26.3 Å². The Hall–Kier alpha value is -1.95. The van der Waals surface area contributed by atoms with E-state index in [1.165, 1.54) is 0 Å². The van der Waals surface area contributed by atoms with Crippen molar-refractivity contribution in [1.29, 1.82) is 0 Å². The Balaban J connectivity index is 2.23. The first-order valence-corrected chi connectivity index (χ1v) is 5.94. The van der Waals surface area contributed by atoms with Crippen LogP contribution in [0.15, 0.2) is 24.8 Å². The van der Waals surface area contributed by atoms with Gasteiger partial charge < -0.3 is 10.4 Å². The molecule has 6 heteroatoms. The number of nitrogens with zero attached hydrogens (tertiary/aromatic N) is 4. The van der Waals surface area contributed by atoms with Crippen LogP contribution in [-0.2, 0) is 0 Å². The molecule has 0 saturated carbocycles. The maximum atomic E-state index is 9.16. The van der Waals surface area contributed by atoms with E-state index in [1.54, 1.807) is 18.6 Å². The highest BCUT2D eigenvalue weighted by Crippen LogP contribution is 2.10. The van der Waals surface area contributed by atoms with Gasteiger partial charge in [-0.15, -0.1) is 0 Å². The second kappa shape index (κ2) is 5.59. The van der Waals surface area contributed by atoms with E-state index in [2.05, 4.69) is 20.3 Å². The lowest BCUT2D eigenvalue weighted by Crippen LogP contribution is -2.23. The zero-order valence-corrected chi connectivity index (χ0v) is 10.5. The van der Waals surface area contributed by atoms with Crippen LogP contribution in [0, 0.1) is 6.92 Å². The first-order valence-electron chi connectivity index (χ1n) is 5.94. The smallest absolute Gasteiger partial charge is 0.159 e. The minimum absolute atomic E-state index is 0.00145. The number of hydrogen-bond donors (Lipinski definition) is 2. The van der Waals surface area contributed by atoms with E-state index in [0.717, 1.165) is 12.2 Å². The molecule has 0 aromatic carbocycles. The first-order chi connectivity index (χ1) is 8.74. The van der Waals surface area contributed by atoms with Gasteiger partial charge in [0.1, 0.15) is 11.6 Å². The van der Waals surface area contributed by atoms with Gasteiger partial charge in [-0.2, -0.15) is 0 Å². The van der Waals surface area contributed by atoms with E-state index in [-0.39, 0.29) is 12.6 Å². The fourth-order valence-corrected chi connectivity index (χ4v) is 1.65. The molecule has 0 radical (unpaired) electrons. The minimum Gasteiger partial charge on any atom is -0.394 e. The summed E-state index contributed by atoms with van der Waals surface area (Å²) in [6, 6.07) is -0.00145. The van der Waals surface area contributed by atoms with Crippen molar-refractivity contribution in [3.63, 3.8) is 0 Å². The third-order valence-electron chi connectivity index (χ3n) is 2.76. The normalized spacial score (nSPS) is 12.4. The fraction of sp³-hybridized carbons (Fsp3) is 0.417. The molecule has 0 aliphatic heterocycles. The number of aromatic nitrogens is 4. The SMILES string of the molecule is CC[C@H](CO)Nc1cncc(-n2ccnc2C)n1. The number of aliphatic hydroxyl groups is 1. The Morgan fingerprint density at radius 1 is 1.44 bits per heavy atom. The van der Waals surface area contributed by atoms with Gasteiger partial charge >= 0.3 is 0 Å². The summed E-state index contributed by atoms with van der Waals surface area (Å²) in [7, 11) is 0. The second-order valence-corrected chi connectivity index (χ2v) is 4.04. The van der Waals surface area contributed by atoms with Crippen molar-refractivity contribution in [3.8, 4) is 5.82 Å². The number of nitrogens with one attached hydrogen (secondary N) is 1. The molecular weight excluding hydrogens is 230 g/mol. The van der Waals surface area contributed by atoms with E-state index in [9.17, 15) is 0 Å². The lowest BCUT2D eigenvalue weighted by atomic mass is 10.2. The molecule has 6 nitrogen and oxygen atoms in total. The van der Waals surface area contributed by atoms with Crippen molar-refractivity contribution < 1.29 is 5.11 Å². The van der Waals surface area contributed by atoms with Gasteiger partial charge in [0.2, 0.25) is 0 Å². The van der Waals surface area contributed by atoms with Gasteiger partial charge in [-0.3, -0.25) is 9.55 Å². The van der Waals surface area contributed by atoms with Crippen LogP contribution in [0.2, 0.25) is 0 Å². The molecule has 0 unspecified atom stereocenters. The van der Waals surface area contributed by atoms with E-state index in [4.69, 9.17) is 5.11 Å². The Labute approximate surface area is 106 Å². The third-order valence-corrected chi connectivity index (χ3v) is 2.76. The molecule has 18 heavy (non-hydrogen) atoms. The highest BCUT2D eigenvalue weighted by atomic mass is 16.3. The quantitative estimate of drug-likeness (QED) is 0.829. The van der Waals surface area contributed by atoms with Gasteiger partial charge in [0.05, 0.1) is 25.0 Å². The first kappa shape index (κ1) is 12.5. The Morgan fingerprint density at radius 2 is 2.28 bits per heavy atom. The molecule has 2 aromatic heterocycles. The van der Waals surface area contributed by atoms with Crippen LogP contribution in [0.1, 0.15) is 19.2 Å². The molecule has 2 aromatic rings. The Kier molecular flexibility index (Phi) is 3.88. The summed E-state index contributed by atoms with van der Waals surface area (Å²) >= 11 is 0. The molecule has 0 fully saturated rings. The van der Waals surface area contributed by atoms with Crippen molar-refractivity contribution in [2.24, 2.45) is 0 Å². The van der Waals surface area contributed by atoms with Gasteiger partial charge in [0.25, 0.3) is 0 Å². The molecule has 2 rings (SSSR count). The van der Waals surface area contributed by atoms with Gasteiger partial charge in [0, 0.05) is 12.4 Å². The number of rotatable bonds is 5. The average molecular weight is 247 g/mol. The average Bonchev–Trinajstić information content (AvgIpc) is 2.82. The van der Waals surface area contributed by atoms with Crippen molar-refractivity contribution in [2.75, 3.05) is 11.9 Å². The zero-order valence-electron chi connectivity index (χ0n) is 10.5. The molecule has 0 amide bonds. The van der Waals surface area contributed by atoms with Crippen LogP contribution in [-0.4, -0.2) is 37.3 Å². The van der Waals surface area contributed by atoms with Crippen molar-refractivity contribution in [3.05, 3.63) is 30.6 Å². The molecule has 0 aliphatic rings. The molecule has 1 atom stereocenters. The molecule has 2 N–H and O–H groups in total. The lowest BCUT2D eigenvalue weighted by molar-refractivity contribution is 0.271. The summed E-state index contributed by atoms with van der Waals surface area (Å²) in [4.78, 5) is 12.7. The number of imidazole rings is 1. The van der Waals surface area contributed by atoms with Crippen LogP contribution in [0.4, 0.5) is 5.82 Å². The molecule has 0 bridgehead atoms. The largest absolute Gasteiger partial charge is 0.394 e. The standard InChI is InChI=1S/C12H17N5O/c1-3-10(8-18)15-11-6-13-7-12(16-11)17-5-4-14-9(17)2/h4-7,10,18H,3,8H2,1-2H3,(H,15,16)/t10-/m1/s1. The Bertz CT molecular complexity index is 507. The van der Waals surface area contributed by atoms with Crippen molar-refractivity contribution in [1.82, 2.24) is 19.5 Å². The van der Waals surface area contributed by atoms with Crippen LogP contribution < -0.4 is 5.32 Å². The number of anilines is 1. The van der Waals surface area contributed by atoms with Crippen LogP contribution in [0.25, 0.3) is 5.82 Å². The summed E-state index contributed by atoms with van der Waals surface area (Å²) < 4.78 is 1.86. The summed E-state index contributed by atoms with van der Waals surface area (Å²) in [6.45, 7) is 3.99. The maximum Gasteiger partial charge on any atom is 0.159 e. The van der Waals surface area contributed by atoms with Crippen LogP contribution in [0.5, 0.6) is 0 Å². The van der Waals surface area contributed by atoms with E-state index in [0.29, 0.717) is 11.6 Å². The predicted octanol–water partition coefficient (Wildman–Crippen LogP) is 1.15. The molecule has 0 saturated heterocycles. The molecule has 2 heterocycles. The van der Waals surface area contributed by atoms with Gasteiger partial charge in [-0.05, 0) is 13.3 Å². The third kappa shape index (κ3) is 2.65. The van der Waals surface area contributed by atoms with E-state index >= 15 is 0 Å². The van der Waals surface area contributed by atoms with Gasteiger partial charge in [-0.25, -0.2) is 9.97 Å². The number of aryl methyl sites for hydroxylation is 1. The second-order valence-electron chi connectivity index (χ2n) is 4.04. The lowest BCUT2D eigenvalue weighted by Gasteiger charge is -2.15. The van der Waals surface area contributed by atoms with Crippen LogP contribution in [0.3, 0.4) is 0 Å². The van der Waals surface area contributed by atoms with E-state index in [1.807, 2.05) is 24.6 Å². The Morgan fingerprint density at radius 3 is 2.89 bits per heavy atom. The number of hydrogen-bond acceptors (Lipinski definition) is 5. The zero-order chi connectivity index (χ0) is 13.0. The summed E-state index contributed by atoms with van der Waals surface area (Å²) in [5, 5.41) is 12.3. The summed E-state index contributed by atoms with van der Waals surface area (Å²) in [6.07, 6.45) is 7.71. The molecule has 96 valence electrons. The van der Waals surface area contributed by atoms with Crippen LogP contribution >= 0.6 is 0 Å². The van der Waals surface area contributed by atoms with Gasteiger partial charge in [-0.1, -0.05) is 6.92 Å². The molecule has 0 aliphatic carbocycles. The summed E-state index contributed by atoms with van der Waals surface area (Å²) in [5.41, 5.74) is 0. The summed E-state index contributed by atoms with van der Waals surface area (Å²) in [5.74, 6) is 2.22.